The molecule has 8 heteroatoms. The number of rotatable bonds is 1. The van der Waals surface area contributed by atoms with Gasteiger partial charge in [-0.2, -0.15) is 13.2 Å². The van der Waals surface area contributed by atoms with E-state index < -0.39 is 17.6 Å². The molecule has 0 saturated carbocycles. The molecule has 5 nitrogen and oxygen atoms in total. The average Bonchev–Trinajstić information content (AvgIpc) is 2.99. The summed E-state index contributed by atoms with van der Waals surface area (Å²) >= 11 is 0. The minimum absolute atomic E-state index is 0.126. The standard InChI is InChI=1S/C19H14F3N3O2/c1-11-16-17(23-27-11)24(2)14-9-8-12(19(20,21)22)10-15(14)25(18(16)26)13-6-4-3-5-7-13/h3-10H,1-2H3. The summed E-state index contributed by atoms with van der Waals surface area (Å²) in [6.45, 7) is 1.60. The first-order valence-corrected chi connectivity index (χ1v) is 8.10. The van der Waals surface area contributed by atoms with Gasteiger partial charge >= 0.3 is 6.18 Å². The zero-order valence-electron chi connectivity index (χ0n) is 14.4. The van der Waals surface area contributed by atoms with Gasteiger partial charge in [-0.05, 0) is 37.3 Å². The van der Waals surface area contributed by atoms with Crippen molar-refractivity contribution in [2.24, 2.45) is 0 Å². The number of para-hydroxylation sites is 1. The summed E-state index contributed by atoms with van der Waals surface area (Å²) in [7, 11) is 1.63. The molecule has 0 radical (unpaired) electrons. The molecule has 1 aliphatic rings. The summed E-state index contributed by atoms with van der Waals surface area (Å²) in [4.78, 5) is 16.1. The molecule has 1 aliphatic heterocycles. The van der Waals surface area contributed by atoms with Crippen molar-refractivity contribution in [2.45, 2.75) is 13.1 Å². The van der Waals surface area contributed by atoms with Crippen LogP contribution in [-0.4, -0.2) is 18.1 Å². The largest absolute Gasteiger partial charge is 0.416 e. The molecule has 0 bridgehead atoms. The van der Waals surface area contributed by atoms with Crippen LogP contribution < -0.4 is 9.80 Å². The van der Waals surface area contributed by atoms with Crippen molar-refractivity contribution >= 4 is 28.8 Å². The Morgan fingerprint density at radius 1 is 1.04 bits per heavy atom. The Labute approximate surface area is 152 Å². The van der Waals surface area contributed by atoms with Crippen molar-refractivity contribution in [1.82, 2.24) is 5.16 Å². The first kappa shape index (κ1) is 17.1. The third-order valence-electron chi connectivity index (χ3n) is 4.50. The van der Waals surface area contributed by atoms with Gasteiger partial charge in [0.1, 0.15) is 11.3 Å². The lowest BCUT2D eigenvalue weighted by molar-refractivity contribution is -0.137. The third kappa shape index (κ3) is 2.64. The van der Waals surface area contributed by atoms with E-state index in [1.165, 1.54) is 11.0 Å². The van der Waals surface area contributed by atoms with Gasteiger partial charge in [-0.25, -0.2) is 0 Å². The minimum Gasteiger partial charge on any atom is -0.359 e. The molecule has 2 aromatic carbocycles. The monoisotopic (exact) mass is 373 g/mol. The molecule has 138 valence electrons. The maximum Gasteiger partial charge on any atom is 0.416 e. The van der Waals surface area contributed by atoms with Gasteiger partial charge in [0.25, 0.3) is 5.91 Å². The maximum atomic E-state index is 13.3. The van der Waals surface area contributed by atoms with E-state index in [1.807, 2.05) is 0 Å². The molecule has 0 aliphatic carbocycles. The SMILES string of the molecule is Cc1onc2c1C(=O)N(c1ccccc1)c1cc(C(F)(F)F)ccc1N2C. The van der Waals surface area contributed by atoms with Crippen LogP contribution >= 0.6 is 0 Å². The maximum absolute atomic E-state index is 13.3. The van der Waals surface area contributed by atoms with Gasteiger partial charge in [0, 0.05) is 12.7 Å². The van der Waals surface area contributed by atoms with Gasteiger partial charge in [-0.3, -0.25) is 9.69 Å². The first-order chi connectivity index (χ1) is 12.8. The van der Waals surface area contributed by atoms with Crippen molar-refractivity contribution in [2.75, 3.05) is 16.8 Å². The van der Waals surface area contributed by atoms with Gasteiger partial charge < -0.3 is 9.42 Å². The highest BCUT2D eigenvalue weighted by Crippen LogP contribution is 2.45. The van der Waals surface area contributed by atoms with Crippen LogP contribution in [0.25, 0.3) is 0 Å². The Morgan fingerprint density at radius 2 is 1.74 bits per heavy atom. The molecule has 27 heavy (non-hydrogen) atoms. The van der Waals surface area contributed by atoms with Crippen molar-refractivity contribution < 1.29 is 22.5 Å². The molecule has 1 amide bonds. The molecule has 2 heterocycles. The molecule has 0 fully saturated rings. The lowest BCUT2D eigenvalue weighted by Gasteiger charge is -2.25. The Kier molecular flexibility index (Phi) is 3.73. The van der Waals surface area contributed by atoms with Crippen LogP contribution in [0.4, 0.5) is 36.1 Å². The number of hydrogen-bond acceptors (Lipinski definition) is 4. The van der Waals surface area contributed by atoms with Crippen LogP contribution in [0, 0.1) is 6.92 Å². The first-order valence-electron chi connectivity index (χ1n) is 8.10. The average molecular weight is 373 g/mol. The highest BCUT2D eigenvalue weighted by Gasteiger charge is 2.38. The van der Waals surface area contributed by atoms with E-state index in [0.29, 0.717) is 17.1 Å². The third-order valence-corrected chi connectivity index (χ3v) is 4.50. The number of aromatic nitrogens is 1. The lowest BCUT2D eigenvalue weighted by Crippen LogP contribution is -2.25. The fourth-order valence-electron chi connectivity index (χ4n) is 3.17. The van der Waals surface area contributed by atoms with Crippen molar-refractivity contribution in [3.05, 3.63) is 65.4 Å². The van der Waals surface area contributed by atoms with E-state index in [-0.39, 0.29) is 17.1 Å². The summed E-state index contributed by atoms with van der Waals surface area (Å²) < 4.78 is 45.1. The van der Waals surface area contributed by atoms with Crippen molar-refractivity contribution in [1.29, 1.82) is 0 Å². The number of fused-ring (bicyclic) bond motifs is 2. The molecule has 0 saturated heterocycles. The van der Waals surface area contributed by atoms with Crippen LogP contribution in [0.5, 0.6) is 0 Å². The number of alkyl halides is 3. The number of halogens is 3. The Bertz CT molecular complexity index is 1030. The number of carbonyl (C=O) groups is 1. The number of aryl methyl sites for hydroxylation is 1. The van der Waals surface area contributed by atoms with Crippen LogP contribution in [0.1, 0.15) is 21.7 Å². The molecule has 4 rings (SSSR count). The molecule has 0 N–H and O–H groups in total. The van der Waals surface area contributed by atoms with E-state index in [2.05, 4.69) is 5.16 Å². The zero-order valence-corrected chi connectivity index (χ0v) is 14.4. The number of nitrogens with zero attached hydrogens (tertiary/aromatic N) is 3. The van der Waals surface area contributed by atoms with Crippen molar-refractivity contribution in [3.63, 3.8) is 0 Å². The Morgan fingerprint density at radius 3 is 2.41 bits per heavy atom. The molecule has 0 spiro atoms. The summed E-state index contributed by atoms with van der Waals surface area (Å²) in [5, 5.41) is 3.93. The second kappa shape index (κ2) is 5.87. The highest BCUT2D eigenvalue weighted by atomic mass is 19.4. The summed E-state index contributed by atoms with van der Waals surface area (Å²) in [6, 6.07) is 11.8. The second-order valence-electron chi connectivity index (χ2n) is 6.17. The number of benzene rings is 2. The predicted octanol–water partition coefficient (Wildman–Crippen LogP) is 5.06. The Hall–Kier alpha value is -3.29. The molecule has 1 aromatic heterocycles. The summed E-state index contributed by atoms with van der Waals surface area (Å²) in [6.07, 6.45) is -4.53. The lowest BCUT2D eigenvalue weighted by atomic mass is 10.1. The summed E-state index contributed by atoms with van der Waals surface area (Å²) in [5.74, 6) is 0.0587. The predicted molar refractivity (Wildman–Crippen MR) is 93.7 cm³/mol. The topological polar surface area (TPSA) is 49.6 Å². The van der Waals surface area contributed by atoms with E-state index in [0.717, 1.165) is 12.1 Å². The van der Waals surface area contributed by atoms with E-state index >= 15 is 0 Å². The van der Waals surface area contributed by atoms with Crippen molar-refractivity contribution in [3.8, 4) is 0 Å². The number of anilines is 4. The van der Waals surface area contributed by atoms with Crippen LogP contribution in [0.3, 0.4) is 0 Å². The van der Waals surface area contributed by atoms with E-state index in [4.69, 9.17) is 4.52 Å². The fraction of sp³-hybridized carbons (Fsp3) is 0.158. The molecule has 0 unspecified atom stereocenters. The quantitative estimate of drug-likeness (QED) is 0.598. The molecule has 0 atom stereocenters. The number of hydrogen-bond donors (Lipinski definition) is 0. The zero-order chi connectivity index (χ0) is 19.3. The highest BCUT2D eigenvalue weighted by molar-refractivity contribution is 6.17. The van der Waals surface area contributed by atoms with Crippen LogP contribution in [0.15, 0.2) is 53.1 Å². The van der Waals surface area contributed by atoms with Crippen LogP contribution in [0.2, 0.25) is 0 Å². The van der Waals surface area contributed by atoms with Gasteiger partial charge in [-0.1, -0.05) is 23.4 Å². The van der Waals surface area contributed by atoms with Gasteiger partial charge in [0.2, 0.25) is 0 Å². The van der Waals surface area contributed by atoms with E-state index in [9.17, 15) is 18.0 Å². The van der Waals surface area contributed by atoms with Gasteiger partial charge in [-0.15, -0.1) is 0 Å². The fourth-order valence-corrected chi connectivity index (χ4v) is 3.17. The molecule has 3 aromatic rings. The van der Waals surface area contributed by atoms with E-state index in [1.54, 1.807) is 49.2 Å². The number of amides is 1. The number of carbonyl (C=O) groups excluding carboxylic acids is 1. The Balaban J connectivity index is 2.03. The van der Waals surface area contributed by atoms with Crippen LogP contribution in [-0.2, 0) is 6.18 Å². The second-order valence-corrected chi connectivity index (χ2v) is 6.17. The minimum atomic E-state index is -4.53. The molecular weight excluding hydrogens is 359 g/mol. The summed E-state index contributed by atoms with van der Waals surface area (Å²) in [5.41, 5.74) is 0.364. The smallest absolute Gasteiger partial charge is 0.359 e. The molecular formula is C19H14F3N3O2. The van der Waals surface area contributed by atoms with Gasteiger partial charge in [0.15, 0.2) is 5.82 Å². The normalized spacial score (nSPS) is 14.0. The van der Waals surface area contributed by atoms with Gasteiger partial charge in [0.05, 0.1) is 16.9 Å².